The predicted molar refractivity (Wildman–Crippen MR) is 141 cm³/mol. The van der Waals surface area contributed by atoms with Gasteiger partial charge < -0.3 is 29.6 Å². The zero-order valence-electron chi connectivity index (χ0n) is 22.5. The van der Waals surface area contributed by atoms with Crippen LogP contribution in [0.2, 0.25) is 0 Å². The molecular formula is C29H30FN3O7. The summed E-state index contributed by atoms with van der Waals surface area (Å²) in [6.45, 7) is 4.69. The molecule has 1 amide bonds. The summed E-state index contributed by atoms with van der Waals surface area (Å²) in [5, 5.41) is 24.1. The molecule has 2 aliphatic heterocycles. The third-order valence-corrected chi connectivity index (χ3v) is 8.52. The summed E-state index contributed by atoms with van der Waals surface area (Å²) in [6.07, 6.45) is 0.239. The Morgan fingerprint density at radius 3 is 2.83 bits per heavy atom. The van der Waals surface area contributed by atoms with E-state index in [1.54, 1.807) is 26.8 Å². The van der Waals surface area contributed by atoms with Gasteiger partial charge in [0.25, 0.3) is 5.56 Å². The fourth-order valence-corrected chi connectivity index (χ4v) is 6.29. The molecule has 2 aromatic heterocycles. The number of ether oxygens (including phenoxy) is 2. The van der Waals surface area contributed by atoms with Crippen molar-refractivity contribution in [1.29, 1.82) is 0 Å². The number of aliphatic hydroxyl groups excluding tert-OH is 1. The summed E-state index contributed by atoms with van der Waals surface area (Å²) in [6, 6.07) is 2.53. The maximum Gasteiger partial charge on any atom is 0.343 e. The van der Waals surface area contributed by atoms with Gasteiger partial charge in [0.15, 0.2) is 5.60 Å². The van der Waals surface area contributed by atoms with Crippen molar-refractivity contribution in [2.75, 3.05) is 13.2 Å². The topological polar surface area (TPSA) is 140 Å². The lowest BCUT2D eigenvalue weighted by atomic mass is 9.81. The van der Waals surface area contributed by atoms with Crippen molar-refractivity contribution in [3.05, 3.63) is 61.7 Å². The Bertz CT molecular complexity index is 1670. The van der Waals surface area contributed by atoms with Crippen LogP contribution in [-0.4, -0.2) is 51.0 Å². The van der Waals surface area contributed by atoms with Gasteiger partial charge in [0.1, 0.15) is 18.5 Å². The summed E-state index contributed by atoms with van der Waals surface area (Å²) >= 11 is 0. The Hall–Kier alpha value is -3.67. The molecule has 1 aromatic carbocycles. The van der Waals surface area contributed by atoms with Gasteiger partial charge in [-0.05, 0) is 55.9 Å². The Kier molecular flexibility index (Phi) is 6.28. The first-order valence-corrected chi connectivity index (χ1v) is 13.4. The van der Waals surface area contributed by atoms with Gasteiger partial charge in [0, 0.05) is 22.6 Å². The van der Waals surface area contributed by atoms with Crippen LogP contribution in [0.25, 0.3) is 22.3 Å². The van der Waals surface area contributed by atoms with Crippen LogP contribution in [0.3, 0.4) is 0 Å². The van der Waals surface area contributed by atoms with Crippen LogP contribution < -0.4 is 10.9 Å². The van der Waals surface area contributed by atoms with E-state index in [2.05, 4.69) is 5.32 Å². The average Bonchev–Trinajstić information content (AvgIpc) is 3.31. The monoisotopic (exact) mass is 551 g/mol. The zero-order chi connectivity index (χ0) is 28.5. The maximum absolute atomic E-state index is 15.0. The third kappa shape index (κ3) is 3.71. The number of aliphatic hydroxyl groups is 2. The van der Waals surface area contributed by atoms with Crippen molar-refractivity contribution in [1.82, 2.24) is 14.9 Å². The second-order valence-corrected chi connectivity index (χ2v) is 10.6. The van der Waals surface area contributed by atoms with Crippen LogP contribution in [-0.2, 0) is 44.2 Å². The number of amides is 1. The fraction of sp³-hybridized carbons (Fsp3) is 0.448. The molecule has 1 unspecified atom stereocenters. The predicted octanol–water partition coefficient (Wildman–Crippen LogP) is 2.03. The number of pyridine rings is 2. The number of halogens is 1. The third-order valence-electron chi connectivity index (χ3n) is 8.52. The number of nitrogens with one attached hydrogen (secondary N) is 1. The van der Waals surface area contributed by atoms with Crippen molar-refractivity contribution < 1.29 is 33.7 Å². The normalized spacial score (nSPS) is 21.4. The van der Waals surface area contributed by atoms with Gasteiger partial charge in [-0.25, -0.2) is 14.2 Å². The highest BCUT2D eigenvalue weighted by molar-refractivity contribution is 5.94. The van der Waals surface area contributed by atoms with Crippen LogP contribution in [0.5, 0.6) is 0 Å². The molecule has 11 heteroatoms. The molecule has 3 aliphatic rings. The molecule has 3 atom stereocenters. The highest BCUT2D eigenvalue weighted by atomic mass is 19.1. The Morgan fingerprint density at radius 2 is 2.10 bits per heavy atom. The number of carbonyl (C=O) groups is 2. The van der Waals surface area contributed by atoms with E-state index in [1.165, 1.54) is 10.6 Å². The first-order valence-electron chi connectivity index (χ1n) is 13.4. The first-order chi connectivity index (χ1) is 19.1. The highest BCUT2D eigenvalue weighted by Crippen LogP contribution is 2.45. The number of hydrogen-bond donors (Lipinski definition) is 3. The highest BCUT2D eigenvalue weighted by Gasteiger charge is 2.46. The van der Waals surface area contributed by atoms with Gasteiger partial charge >= 0.3 is 5.97 Å². The number of hydrogen-bond acceptors (Lipinski definition) is 8. The van der Waals surface area contributed by atoms with Gasteiger partial charge in [0.2, 0.25) is 5.91 Å². The van der Waals surface area contributed by atoms with E-state index in [0.717, 1.165) is 22.1 Å². The van der Waals surface area contributed by atoms with Gasteiger partial charge in [-0.3, -0.25) is 9.59 Å². The number of aromatic nitrogens is 2. The largest absolute Gasteiger partial charge is 0.458 e. The average molecular weight is 552 g/mol. The molecule has 3 N–H and O–H groups in total. The Morgan fingerprint density at radius 1 is 1.32 bits per heavy atom. The summed E-state index contributed by atoms with van der Waals surface area (Å²) in [5.41, 5.74) is 2.13. The second-order valence-electron chi connectivity index (χ2n) is 10.6. The van der Waals surface area contributed by atoms with E-state index < -0.39 is 35.1 Å². The van der Waals surface area contributed by atoms with E-state index in [-0.39, 0.29) is 49.8 Å². The molecule has 0 bridgehead atoms. The summed E-state index contributed by atoms with van der Waals surface area (Å²) < 4.78 is 27.1. The molecule has 210 valence electrons. The minimum Gasteiger partial charge on any atom is -0.458 e. The molecule has 4 heterocycles. The molecule has 40 heavy (non-hydrogen) atoms. The fourth-order valence-electron chi connectivity index (χ4n) is 6.29. The smallest absolute Gasteiger partial charge is 0.343 e. The molecule has 0 fully saturated rings. The Balaban J connectivity index is 1.56. The van der Waals surface area contributed by atoms with Crippen molar-refractivity contribution in [3.8, 4) is 11.4 Å². The quantitative estimate of drug-likeness (QED) is 0.309. The number of cyclic esters (lactones) is 1. The summed E-state index contributed by atoms with van der Waals surface area (Å²) in [4.78, 5) is 44.0. The number of rotatable bonds is 6. The van der Waals surface area contributed by atoms with Gasteiger partial charge in [0.05, 0.1) is 48.3 Å². The number of nitrogens with zero attached hydrogens (tertiary/aromatic N) is 2. The van der Waals surface area contributed by atoms with Crippen LogP contribution in [0, 0.1) is 12.7 Å². The standard InChI is InChI=1S/C29H30FN3O7/c1-4-29(38)18-9-22-25-16(11-33(22)27(36)17(18)12-40-28(29)37)24-20(32-26(35)14(3)39-8-7-34)6-5-15-13(2)19(30)10-21(31-25)23(15)24/h9-10,14,20,34,38H,4-8,11-12H2,1-3H3,(H,32,35)/t14?,20-,29-/m0/s1. The van der Waals surface area contributed by atoms with Crippen LogP contribution in [0.1, 0.15) is 66.1 Å². The van der Waals surface area contributed by atoms with E-state index in [4.69, 9.17) is 19.6 Å². The number of benzene rings is 1. The number of carbonyl (C=O) groups excluding carboxylic acids is 2. The number of fused-ring (bicyclic) bond motifs is 5. The van der Waals surface area contributed by atoms with Crippen molar-refractivity contribution >= 4 is 22.8 Å². The van der Waals surface area contributed by atoms with Gasteiger partial charge in [-0.2, -0.15) is 0 Å². The SMILES string of the molecule is CC[C@@]1(O)C(=O)OCc2c1cc1n(c2=O)Cc2c-1nc1cc(F)c(C)c3c1c2[C@@H](NC(=O)C(C)OCCO)CC3. The molecule has 0 radical (unpaired) electrons. The molecule has 1 aliphatic carbocycles. The van der Waals surface area contributed by atoms with Crippen LogP contribution in [0.15, 0.2) is 16.9 Å². The molecule has 0 saturated heterocycles. The van der Waals surface area contributed by atoms with Crippen molar-refractivity contribution in [2.45, 2.75) is 70.9 Å². The van der Waals surface area contributed by atoms with Crippen molar-refractivity contribution in [3.63, 3.8) is 0 Å². The lowest BCUT2D eigenvalue weighted by Gasteiger charge is -2.31. The minimum atomic E-state index is -1.96. The first kappa shape index (κ1) is 26.5. The lowest BCUT2D eigenvalue weighted by Crippen LogP contribution is -2.44. The zero-order valence-corrected chi connectivity index (χ0v) is 22.5. The molecule has 3 aromatic rings. The van der Waals surface area contributed by atoms with Crippen LogP contribution >= 0.6 is 0 Å². The molecule has 6 rings (SSSR count). The Labute approximate surface area is 228 Å². The minimum absolute atomic E-state index is 0.0173. The van der Waals surface area contributed by atoms with Gasteiger partial charge in [-0.15, -0.1) is 0 Å². The van der Waals surface area contributed by atoms with E-state index in [0.29, 0.717) is 35.3 Å². The molecule has 0 spiro atoms. The second kappa shape index (κ2) is 9.46. The van der Waals surface area contributed by atoms with E-state index in [1.807, 2.05) is 0 Å². The van der Waals surface area contributed by atoms with Gasteiger partial charge in [-0.1, -0.05) is 6.92 Å². The summed E-state index contributed by atoms with van der Waals surface area (Å²) in [5.74, 6) is -1.56. The van der Waals surface area contributed by atoms with E-state index >= 15 is 4.39 Å². The van der Waals surface area contributed by atoms with E-state index in [9.17, 15) is 19.5 Å². The van der Waals surface area contributed by atoms with Crippen molar-refractivity contribution in [2.24, 2.45) is 0 Å². The molecular weight excluding hydrogens is 521 g/mol. The molecule has 0 saturated carbocycles. The maximum atomic E-state index is 15.0. The molecule has 10 nitrogen and oxygen atoms in total. The number of aryl methyl sites for hydroxylation is 1. The summed E-state index contributed by atoms with van der Waals surface area (Å²) in [7, 11) is 0. The van der Waals surface area contributed by atoms with Crippen LogP contribution in [0.4, 0.5) is 4.39 Å². The lowest BCUT2D eigenvalue weighted by molar-refractivity contribution is -0.172. The number of esters is 1.